The number of amides is 3. The molecule has 11 nitrogen and oxygen atoms in total. The Kier molecular flexibility index (Phi) is 22.5. The van der Waals surface area contributed by atoms with E-state index in [-0.39, 0.29) is 37.5 Å². The van der Waals surface area contributed by atoms with Gasteiger partial charge in [0.1, 0.15) is 11.8 Å². The highest BCUT2D eigenvalue weighted by Crippen LogP contribution is 2.11. The third-order valence-electron chi connectivity index (χ3n) is 5.40. The van der Waals surface area contributed by atoms with Crippen LogP contribution in [-0.2, 0) is 28.6 Å². The van der Waals surface area contributed by atoms with E-state index in [4.69, 9.17) is 14.2 Å². The number of carbonyl (C=O) groups excluding carboxylic acids is 3. The van der Waals surface area contributed by atoms with Gasteiger partial charge >= 0.3 is 0 Å². The van der Waals surface area contributed by atoms with Crippen LogP contribution in [0, 0.1) is 0 Å². The smallest absolute Gasteiger partial charge is 0.244 e. The molecule has 222 valence electrons. The molecule has 0 aromatic heterocycles. The molecule has 39 heavy (non-hydrogen) atoms. The fraction of sp³-hybridized carbons (Fsp3) is 0.607. The fourth-order valence-electron chi connectivity index (χ4n) is 3.24. The van der Waals surface area contributed by atoms with Gasteiger partial charge in [-0.2, -0.15) is 0 Å². The largest absolute Gasteiger partial charge is 0.379 e. The topological polar surface area (TPSA) is 147 Å². The summed E-state index contributed by atoms with van der Waals surface area (Å²) in [6, 6.07) is 0. The fourth-order valence-corrected chi connectivity index (χ4v) is 3.24. The predicted octanol–water partition coefficient (Wildman–Crippen LogP) is 1.12. The molecule has 3 amide bonds. The van der Waals surface area contributed by atoms with Gasteiger partial charge in [-0.1, -0.05) is 26.3 Å². The van der Waals surface area contributed by atoms with E-state index in [0.717, 1.165) is 25.7 Å². The SMILES string of the molecule is C=CC(=O)NCCCCOCC(COCCCCNC(=O)C=C)(COCCCCNC(O)C=C)NC(=O)C=C. The molecule has 0 heterocycles. The molecule has 0 aromatic carbocycles. The molecule has 1 atom stereocenters. The zero-order chi connectivity index (χ0) is 29.2. The Morgan fingerprint density at radius 1 is 0.667 bits per heavy atom. The standard InChI is InChI=1S/C28H48N4O7/c1-5-24(33)29-15-9-12-18-37-21-28(32-27(36)8-4,22-38-19-13-10-16-30-25(34)6-2)23-39-20-14-11-17-31-26(35)7-3/h5-8,24,29,33H,1-4,9-23H2,(H,30,34)(H,31,35)(H,32,36). The second-order valence-corrected chi connectivity index (χ2v) is 8.88. The molecule has 0 rings (SSSR count). The van der Waals surface area contributed by atoms with E-state index in [1.165, 1.54) is 24.3 Å². The first-order valence-corrected chi connectivity index (χ1v) is 13.3. The maximum absolute atomic E-state index is 12.3. The van der Waals surface area contributed by atoms with E-state index in [1.54, 1.807) is 0 Å². The highest BCUT2D eigenvalue weighted by atomic mass is 16.5. The van der Waals surface area contributed by atoms with Crippen molar-refractivity contribution in [2.75, 3.05) is 59.3 Å². The van der Waals surface area contributed by atoms with E-state index < -0.39 is 11.8 Å². The van der Waals surface area contributed by atoms with Crippen LogP contribution in [0.5, 0.6) is 0 Å². The monoisotopic (exact) mass is 552 g/mol. The molecule has 0 fully saturated rings. The molecule has 0 saturated heterocycles. The Morgan fingerprint density at radius 3 is 1.46 bits per heavy atom. The third-order valence-corrected chi connectivity index (χ3v) is 5.40. The minimum atomic E-state index is -0.934. The van der Waals surface area contributed by atoms with Gasteiger partial charge in [0.05, 0.1) is 19.8 Å². The summed E-state index contributed by atoms with van der Waals surface area (Å²) in [5, 5.41) is 20.7. The second kappa shape index (κ2) is 24.2. The number of aliphatic hydroxyl groups excluding tert-OH is 1. The van der Waals surface area contributed by atoms with Gasteiger partial charge in [0.25, 0.3) is 0 Å². The lowest BCUT2D eigenvalue weighted by molar-refractivity contribution is -0.123. The summed E-state index contributed by atoms with van der Waals surface area (Å²) in [5.41, 5.74) is -0.934. The lowest BCUT2D eigenvalue weighted by Crippen LogP contribution is -2.58. The summed E-state index contributed by atoms with van der Waals surface area (Å²) in [5.74, 6) is -0.799. The van der Waals surface area contributed by atoms with Crippen molar-refractivity contribution in [1.82, 2.24) is 21.3 Å². The van der Waals surface area contributed by atoms with Crippen molar-refractivity contribution in [2.24, 2.45) is 0 Å². The van der Waals surface area contributed by atoms with Crippen LogP contribution in [-0.4, -0.2) is 93.9 Å². The summed E-state index contributed by atoms with van der Waals surface area (Å²) in [6.07, 6.45) is 8.75. The van der Waals surface area contributed by atoms with Gasteiger partial charge in [-0.05, 0) is 69.4 Å². The van der Waals surface area contributed by atoms with Crippen LogP contribution in [0.3, 0.4) is 0 Å². The van der Waals surface area contributed by atoms with Crippen LogP contribution < -0.4 is 21.3 Å². The first kappa shape index (κ1) is 36.2. The number of nitrogens with one attached hydrogen (secondary N) is 4. The summed E-state index contributed by atoms with van der Waals surface area (Å²) in [6.45, 7) is 17.3. The number of rotatable bonds is 27. The van der Waals surface area contributed by atoms with Crippen LogP contribution in [0.4, 0.5) is 0 Å². The average Bonchev–Trinajstić information content (AvgIpc) is 2.94. The van der Waals surface area contributed by atoms with E-state index >= 15 is 0 Å². The van der Waals surface area contributed by atoms with Crippen LogP contribution in [0.1, 0.15) is 38.5 Å². The molecule has 0 bridgehead atoms. The number of hydrogen-bond donors (Lipinski definition) is 5. The lowest BCUT2D eigenvalue weighted by atomic mass is 10.0. The molecule has 1 unspecified atom stereocenters. The molecule has 0 aromatic rings. The summed E-state index contributed by atoms with van der Waals surface area (Å²) < 4.78 is 17.7. The Bertz CT molecular complexity index is 711. The van der Waals surface area contributed by atoms with E-state index in [2.05, 4.69) is 47.6 Å². The van der Waals surface area contributed by atoms with E-state index in [1.807, 2.05) is 0 Å². The minimum absolute atomic E-state index is 0.161. The number of hydrogen-bond acceptors (Lipinski definition) is 8. The van der Waals surface area contributed by atoms with Gasteiger partial charge in [-0.3, -0.25) is 19.7 Å². The molecule has 0 aliphatic heterocycles. The molecule has 0 radical (unpaired) electrons. The van der Waals surface area contributed by atoms with Gasteiger partial charge < -0.3 is 35.3 Å². The van der Waals surface area contributed by atoms with Crippen molar-refractivity contribution < 1.29 is 33.7 Å². The third kappa shape index (κ3) is 20.8. The first-order chi connectivity index (χ1) is 18.8. The molecule has 5 N–H and O–H groups in total. The van der Waals surface area contributed by atoms with Gasteiger partial charge in [0.2, 0.25) is 17.7 Å². The van der Waals surface area contributed by atoms with Crippen molar-refractivity contribution >= 4 is 17.7 Å². The number of unbranched alkanes of at least 4 members (excludes halogenated alkanes) is 3. The molecule has 0 saturated carbocycles. The zero-order valence-corrected chi connectivity index (χ0v) is 23.2. The number of ether oxygens (including phenoxy) is 3. The van der Waals surface area contributed by atoms with Crippen molar-refractivity contribution in [3.05, 3.63) is 50.6 Å². The maximum Gasteiger partial charge on any atom is 0.244 e. The molecular weight excluding hydrogens is 504 g/mol. The van der Waals surface area contributed by atoms with Gasteiger partial charge in [0.15, 0.2) is 0 Å². The van der Waals surface area contributed by atoms with Gasteiger partial charge in [-0.25, -0.2) is 0 Å². The van der Waals surface area contributed by atoms with Gasteiger partial charge in [-0.15, -0.1) is 0 Å². The predicted molar refractivity (Wildman–Crippen MR) is 152 cm³/mol. The van der Waals surface area contributed by atoms with Crippen LogP contribution in [0.15, 0.2) is 50.6 Å². The van der Waals surface area contributed by atoms with E-state index in [9.17, 15) is 19.5 Å². The van der Waals surface area contributed by atoms with Crippen LogP contribution >= 0.6 is 0 Å². The van der Waals surface area contributed by atoms with Gasteiger partial charge in [0, 0.05) is 32.9 Å². The zero-order valence-electron chi connectivity index (χ0n) is 23.2. The summed E-state index contributed by atoms with van der Waals surface area (Å²) in [4.78, 5) is 34.8. The molecule has 0 aliphatic carbocycles. The normalized spacial score (nSPS) is 11.7. The van der Waals surface area contributed by atoms with Crippen LogP contribution in [0.25, 0.3) is 0 Å². The van der Waals surface area contributed by atoms with E-state index in [0.29, 0.717) is 52.3 Å². The summed E-state index contributed by atoms with van der Waals surface area (Å²) in [7, 11) is 0. The van der Waals surface area contributed by atoms with Crippen molar-refractivity contribution in [3.8, 4) is 0 Å². The van der Waals surface area contributed by atoms with Crippen molar-refractivity contribution in [3.63, 3.8) is 0 Å². The highest BCUT2D eigenvalue weighted by Gasteiger charge is 2.33. The lowest BCUT2D eigenvalue weighted by Gasteiger charge is -2.34. The number of carbonyl (C=O) groups is 3. The molecular formula is C28H48N4O7. The minimum Gasteiger partial charge on any atom is -0.379 e. The Hall–Kier alpha value is -2.83. The Morgan fingerprint density at radius 2 is 1.08 bits per heavy atom. The average molecular weight is 553 g/mol. The first-order valence-electron chi connectivity index (χ1n) is 13.3. The quantitative estimate of drug-likeness (QED) is 0.0441. The van der Waals surface area contributed by atoms with Crippen molar-refractivity contribution in [2.45, 2.75) is 50.3 Å². The molecule has 0 spiro atoms. The van der Waals surface area contributed by atoms with Crippen molar-refractivity contribution in [1.29, 1.82) is 0 Å². The Labute approximate surface area is 233 Å². The summed E-state index contributed by atoms with van der Waals surface area (Å²) >= 11 is 0. The second-order valence-electron chi connectivity index (χ2n) is 8.88. The Balaban J connectivity index is 4.85. The highest BCUT2D eigenvalue weighted by molar-refractivity contribution is 5.87. The molecule has 0 aliphatic rings. The maximum atomic E-state index is 12.3. The van der Waals surface area contributed by atoms with Crippen LogP contribution in [0.2, 0.25) is 0 Å². The molecule has 11 heteroatoms. The number of aliphatic hydroxyl groups is 1.